The zero-order valence-corrected chi connectivity index (χ0v) is 42.7. The van der Waals surface area contributed by atoms with Crippen LogP contribution in [0.15, 0.2) is 48.6 Å². The number of ether oxygens (including phenoxy) is 1. The number of aliphatic hydroxyl groups excluding tert-OH is 2. The van der Waals surface area contributed by atoms with Gasteiger partial charge >= 0.3 is 5.97 Å². The summed E-state index contributed by atoms with van der Waals surface area (Å²) in [6.07, 6.45) is 63.1. The number of allylic oxidation sites excluding steroid dienone is 8. The topological polar surface area (TPSA) is 95.9 Å². The molecule has 0 aromatic carbocycles. The lowest BCUT2D eigenvalue weighted by Crippen LogP contribution is -2.46. The molecule has 0 aliphatic carbocycles. The Kier molecular flexibility index (Phi) is 50.0. The van der Waals surface area contributed by atoms with Gasteiger partial charge in [-0.15, -0.1) is 0 Å². The van der Waals surface area contributed by atoms with Gasteiger partial charge < -0.3 is 20.3 Å². The van der Waals surface area contributed by atoms with Gasteiger partial charge in [-0.05, 0) is 77.0 Å². The quantitative estimate of drug-likeness (QED) is 0.0245. The summed E-state index contributed by atoms with van der Waals surface area (Å²) in [5.41, 5.74) is 0. The lowest BCUT2D eigenvalue weighted by Gasteiger charge is -2.24. The van der Waals surface area contributed by atoms with E-state index in [9.17, 15) is 19.8 Å². The molecule has 0 aromatic rings. The summed E-state index contributed by atoms with van der Waals surface area (Å²) < 4.78 is 5.95. The molecule has 0 rings (SSSR count). The molecule has 6 heteroatoms. The van der Waals surface area contributed by atoms with Gasteiger partial charge in [0.1, 0.15) is 6.10 Å². The number of nitrogens with one attached hydrogen (secondary N) is 1. The number of rotatable bonds is 50. The van der Waals surface area contributed by atoms with Crippen molar-refractivity contribution in [1.82, 2.24) is 5.32 Å². The number of amides is 1. The highest BCUT2D eigenvalue weighted by Gasteiger charge is 2.24. The van der Waals surface area contributed by atoms with Crippen LogP contribution in [-0.2, 0) is 14.3 Å². The Morgan fingerprint density at radius 2 is 0.812 bits per heavy atom. The zero-order chi connectivity index (χ0) is 46.7. The SMILES string of the molecule is CCCCCCC/C=C/C=C/C=C/CCCCCCCC(=O)OC(CCCCCCCCC/C=C/CCCCCCCC)CC(=O)NC(CO)C(O)CCCCCCCCCCCC. The van der Waals surface area contributed by atoms with Crippen LogP contribution in [-0.4, -0.2) is 46.9 Å². The van der Waals surface area contributed by atoms with Crippen LogP contribution in [0.5, 0.6) is 0 Å². The smallest absolute Gasteiger partial charge is 0.306 e. The fourth-order valence-corrected chi connectivity index (χ4v) is 8.43. The minimum Gasteiger partial charge on any atom is -0.462 e. The van der Waals surface area contributed by atoms with E-state index in [-0.39, 0.29) is 24.9 Å². The number of aliphatic hydroxyl groups is 2. The van der Waals surface area contributed by atoms with Gasteiger partial charge in [0.2, 0.25) is 5.91 Å². The highest BCUT2D eigenvalue weighted by molar-refractivity contribution is 5.77. The molecule has 0 saturated carbocycles. The first-order valence-electron chi connectivity index (χ1n) is 27.9. The molecule has 0 bridgehead atoms. The van der Waals surface area contributed by atoms with Crippen LogP contribution in [0.3, 0.4) is 0 Å². The summed E-state index contributed by atoms with van der Waals surface area (Å²) in [6, 6.07) is -0.706. The highest BCUT2D eigenvalue weighted by Crippen LogP contribution is 2.18. The molecule has 3 N–H and O–H groups in total. The molecular formula is C58H107NO5. The Morgan fingerprint density at radius 3 is 1.23 bits per heavy atom. The molecule has 0 radical (unpaired) electrons. The van der Waals surface area contributed by atoms with Crippen LogP contribution in [0.1, 0.15) is 284 Å². The fraction of sp³-hybridized carbons (Fsp3) is 0.828. The number of unbranched alkanes of at least 4 members (excludes halogenated alkanes) is 32. The second-order valence-electron chi connectivity index (χ2n) is 19.0. The lowest BCUT2D eigenvalue weighted by atomic mass is 10.0. The van der Waals surface area contributed by atoms with Crippen molar-refractivity contribution in [2.24, 2.45) is 0 Å². The van der Waals surface area contributed by atoms with Gasteiger partial charge in [-0.1, -0.05) is 243 Å². The maximum atomic E-state index is 13.2. The van der Waals surface area contributed by atoms with Crippen molar-refractivity contribution in [3.8, 4) is 0 Å². The molecule has 0 spiro atoms. The van der Waals surface area contributed by atoms with Gasteiger partial charge in [-0.2, -0.15) is 0 Å². The predicted molar refractivity (Wildman–Crippen MR) is 278 cm³/mol. The van der Waals surface area contributed by atoms with Crippen molar-refractivity contribution in [2.45, 2.75) is 302 Å². The van der Waals surface area contributed by atoms with E-state index in [4.69, 9.17) is 4.74 Å². The Balaban J connectivity index is 4.60. The van der Waals surface area contributed by atoms with Crippen LogP contribution < -0.4 is 5.32 Å². The Morgan fingerprint density at radius 1 is 0.453 bits per heavy atom. The van der Waals surface area contributed by atoms with Crippen LogP contribution in [0.4, 0.5) is 0 Å². The van der Waals surface area contributed by atoms with E-state index in [1.165, 1.54) is 161 Å². The number of hydrogen-bond acceptors (Lipinski definition) is 5. The number of esters is 1. The predicted octanol–water partition coefficient (Wildman–Crippen LogP) is 17.0. The maximum Gasteiger partial charge on any atom is 0.306 e. The van der Waals surface area contributed by atoms with Crippen molar-refractivity contribution < 1.29 is 24.5 Å². The van der Waals surface area contributed by atoms with Gasteiger partial charge in [0.05, 0.1) is 25.2 Å². The van der Waals surface area contributed by atoms with Crippen molar-refractivity contribution in [1.29, 1.82) is 0 Å². The Hall–Kier alpha value is -2.18. The summed E-state index contributed by atoms with van der Waals surface area (Å²) >= 11 is 0. The summed E-state index contributed by atoms with van der Waals surface area (Å²) in [6.45, 7) is 6.46. The second kappa shape index (κ2) is 51.8. The third kappa shape index (κ3) is 46.4. The van der Waals surface area contributed by atoms with E-state index in [0.29, 0.717) is 19.3 Å². The third-order valence-corrected chi connectivity index (χ3v) is 12.7. The number of carbonyl (C=O) groups excluding carboxylic acids is 2. The summed E-state index contributed by atoms with van der Waals surface area (Å²) in [5, 5.41) is 23.8. The monoisotopic (exact) mass is 898 g/mol. The molecule has 3 unspecified atom stereocenters. The van der Waals surface area contributed by atoms with E-state index in [1.807, 2.05) is 0 Å². The molecule has 1 amide bonds. The third-order valence-electron chi connectivity index (χ3n) is 12.7. The van der Waals surface area contributed by atoms with E-state index in [0.717, 1.165) is 77.0 Å². The van der Waals surface area contributed by atoms with Crippen molar-refractivity contribution in [2.75, 3.05) is 6.61 Å². The van der Waals surface area contributed by atoms with Crippen molar-refractivity contribution in [3.63, 3.8) is 0 Å². The number of carbonyl (C=O) groups is 2. The molecule has 0 aromatic heterocycles. The van der Waals surface area contributed by atoms with Crippen LogP contribution in [0.2, 0.25) is 0 Å². The average molecular weight is 898 g/mol. The van der Waals surface area contributed by atoms with Gasteiger partial charge in [0, 0.05) is 6.42 Å². The van der Waals surface area contributed by atoms with E-state index < -0.39 is 18.2 Å². The highest BCUT2D eigenvalue weighted by atomic mass is 16.5. The number of hydrogen-bond donors (Lipinski definition) is 3. The second-order valence-corrected chi connectivity index (χ2v) is 19.0. The van der Waals surface area contributed by atoms with Crippen molar-refractivity contribution >= 4 is 11.9 Å². The standard InChI is InChI=1S/C58H107NO5/c1-4-7-10-13-16-19-22-24-26-28-30-32-34-36-39-42-45-48-51-58(63)64-54(49-46-43-40-37-35-33-31-29-27-25-23-20-17-14-11-8-5-2)52-57(62)59-55(53-60)56(61)50-47-44-41-38-21-18-15-12-9-6-3/h22,24-28,30,32,54-56,60-61H,4-21,23,29,31,33-53H2,1-3H3,(H,59,62)/b24-22+,27-25+,28-26+,32-30+. The molecule has 3 atom stereocenters. The molecule has 0 aliphatic rings. The Bertz CT molecular complexity index is 1100. The zero-order valence-electron chi connectivity index (χ0n) is 42.7. The van der Waals surface area contributed by atoms with E-state index in [2.05, 4.69) is 74.7 Å². The minimum absolute atomic E-state index is 0.0672. The molecule has 0 fully saturated rings. The largest absolute Gasteiger partial charge is 0.462 e. The van der Waals surface area contributed by atoms with Gasteiger partial charge in [0.25, 0.3) is 0 Å². The van der Waals surface area contributed by atoms with Crippen LogP contribution >= 0.6 is 0 Å². The summed E-state index contributed by atoms with van der Waals surface area (Å²) in [4.78, 5) is 26.2. The first-order valence-corrected chi connectivity index (χ1v) is 27.9. The normalized spacial score (nSPS) is 13.5. The summed E-state index contributed by atoms with van der Waals surface area (Å²) in [7, 11) is 0. The first kappa shape index (κ1) is 61.8. The Labute approximate surface area is 397 Å². The lowest BCUT2D eigenvalue weighted by molar-refractivity contribution is -0.151. The van der Waals surface area contributed by atoms with Crippen molar-refractivity contribution in [3.05, 3.63) is 48.6 Å². The molecule has 0 aliphatic heterocycles. The molecule has 0 heterocycles. The molecule has 64 heavy (non-hydrogen) atoms. The molecule has 0 saturated heterocycles. The fourth-order valence-electron chi connectivity index (χ4n) is 8.43. The molecule has 374 valence electrons. The van der Waals surface area contributed by atoms with Crippen LogP contribution in [0, 0.1) is 0 Å². The van der Waals surface area contributed by atoms with Gasteiger partial charge in [-0.25, -0.2) is 0 Å². The van der Waals surface area contributed by atoms with Gasteiger partial charge in [0.15, 0.2) is 0 Å². The summed E-state index contributed by atoms with van der Waals surface area (Å²) in [5.74, 6) is -0.493. The maximum absolute atomic E-state index is 13.2. The van der Waals surface area contributed by atoms with Gasteiger partial charge in [-0.3, -0.25) is 9.59 Å². The molecular weight excluding hydrogens is 791 g/mol. The van der Waals surface area contributed by atoms with Crippen LogP contribution in [0.25, 0.3) is 0 Å². The average Bonchev–Trinajstić information content (AvgIpc) is 3.29. The first-order chi connectivity index (χ1) is 31.5. The minimum atomic E-state index is -0.792. The molecule has 6 nitrogen and oxygen atoms in total. The van der Waals surface area contributed by atoms with E-state index in [1.54, 1.807) is 0 Å². The van der Waals surface area contributed by atoms with E-state index >= 15 is 0 Å².